The van der Waals surface area contributed by atoms with Gasteiger partial charge in [0.25, 0.3) is 0 Å². The lowest BCUT2D eigenvalue weighted by atomic mass is 10.0. The zero-order valence-corrected chi connectivity index (χ0v) is 13.5. The van der Waals surface area contributed by atoms with Crippen LogP contribution in [0.2, 0.25) is 0 Å². The van der Waals surface area contributed by atoms with Gasteiger partial charge in [-0.2, -0.15) is 0 Å². The summed E-state index contributed by atoms with van der Waals surface area (Å²) in [6, 6.07) is 10.9. The lowest BCUT2D eigenvalue weighted by Gasteiger charge is -2.17. The molecule has 1 unspecified atom stereocenters. The fraction of sp³-hybridized carbons (Fsp3) is 0.412. The van der Waals surface area contributed by atoms with Gasteiger partial charge in [0.15, 0.2) is 0 Å². The molecule has 3 heteroatoms. The van der Waals surface area contributed by atoms with Crippen LogP contribution in [-0.4, -0.2) is 13.7 Å². The second-order valence-corrected chi connectivity index (χ2v) is 6.33. The maximum atomic E-state index is 5.74. The first kappa shape index (κ1) is 15.1. The quantitative estimate of drug-likeness (QED) is 0.847. The van der Waals surface area contributed by atoms with Crippen molar-refractivity contribution < 1.29 is 4.74 Å². The molecule has 1 aromatic heterocycles. The molecule has 2 aromatic rings. The van der Waals surface area contributed by atoms with E-state index in [0.29, 0.717) is 0 Å². The molecular weight excluding hydrogens is 266 g/mol. The summed E-state index contributed by atoms with van der Waals surface area (Å²) in [7, 11) is 2.01. The molecule has 0 saturated carbocycles. The molecule has 2 rings (SSSR count). The normalized spacial score (nSPS) is 12.4. The fourth-order valence-electron chi connectivity index (χ4n) is 2.40. The summed E-state index contributed by atoms with van der Waals surface area (Å²) in [4.78, 5) is 2.74. The fourth-order valence-corrected chi connectivity index (χ4v) is 3.57. The molecule has 1 aromatic carbocycles. The average Bonchev–Trinajstić information content (AvgIpc) is 2.77. The molecule has 0 aliphatic carbocycles. The lowest BCUT2D eigenvalue weighted by molar-refractivity contribution is 0.317. The number of thiophene rings is 1. The van der Waals surface area contributed by atoms with Crippen molar-refractivity contribution >= 4 is 11.3 Å². The number of rotatable bonds is 6. The van der Waals surface area contributed by atoms with Crippen molar-refractivity contribution in [1.29, 1.82) is 0 Å². The minimum atomic E-state index is 0.235. The minimum Gasteiger partial charge on any atom is -0.494 e. The van der Waals surface area contributed by atoms with Crippen molar-refractivity contribution in [2.24, 2.45) is 0 Å². The monoisotopic (exact) mass is 289 g/mol. The van der Waals surface area contributed by atoms with Gasteiger partial charge in [-0.15, -0.1) is 11.3 Å². The van der Waals surface area contributed by atoms with E-state index in [1.54, 1.807) is 0 Å². The number of hydrogen-bond donors (Lipinski definition) is 1. The number of hydrogen-bond acceptors (Lipinski definition) is 3. The Morgan fingerprint density at radius 1 is 1.25 bits per heavy atom. The van der Waals surface area contributed by atoms with Crippen LogP contribution in [0, 0.1) is 13.8 Å². The van der Waals surface area contributed by atoms with Gasteiger partial charge in [0, 0.05) is 9.75 Å². The van der Waals surface area contributed by atoms with E-state index in [2.05, 4.69) is 50.4 Å². The van der Waals surface area contributed by atoms with Gasteiger partial charge in [0.05, 0.1) is 12.6 Å². The molecule has 0 spiro atoms. The van der Waals surface area contributed by atoms with E-state index < -0.39 is 0 Å². The van der Waals surface area contributed by atoms with E-state index in [1.165, 1.54) is 20.9 Å². The maximum Gasteiger partial charge on any atom is 0.119 e. The first-order chi connectivity index (χ1) is 9.65. The zero-order valence-electron chi connectivity index (χ0n) is 12.7. The molecule has 0 aliphatic heterocycles. The van der Waals surface area contributed by atoms with Crippen molar-refractivity contribution in [3.63, 3.8) is 0 Å². The lowest BCUT2D eigenvalue weighted by Crippen LogP contribution is -2.17. The second-order valence-electron chi connectivity index (χ2n) is 5.05. The summed E-state index contributed by atoms with van der Waals surface area (Å²) in [5.41, 5.74) is 2.61. The maximum absolute atomic E-state index is 5.74. The van der Waals surface area contributed by atoms with E-state index in [9.17, 15) is 0 Å². The Balaban J connectivity index is 2.29. The Hall–Kier alpha value is -1.32. The van der Waals surface area contributed by atoms with Gasteiger partial charge in [-0.1, -0.05) is 19.1 Å². The Morgan fingerprint density at radius 2 is 2.05 bits per heavy atom. The number of ether oxygens (including phenoxy) is 1. The van der Waals surface area contributed by atoms with Gasteiger partial charge >= 0.3 is 0 Å². The van der Waals surface area contributed by atoms with E-state index in [-0.39, 0.29) is 6.04 Å². The van der Waals surface area contributed by atoms with Crippen LogP contribution in [-0.2, 0) is 0 Å². The summed E-state index contributed by atoms with van der Waals surface area (Å²) >= 11 is 1.86. The first-order valence-electron chi connectivity index (χ1n) is 7.12. The van der Waals surface area contributed by atoms with E-state index in [0.717, 1.165) is 18.8 Å². The molecule has 0 bridgehead atoms. The predicted molar refractivity (Wildman–Crippen MR) is 86.9 cm³/mol. The third-order valence-corrected chi connectivity index (χ3v) is 4.51. The summed E-state index contributed by atoms with van der Waals surface area (Å²) in [6.07, 6.45) is 1.03. The van der Waals surface area contributed by atoms with Crippen molar-refractivity contribution in [2.45, 2.75) is 33.2 Å². The van der Waals surface area contributed by atoms with Crippen LogP contribution in [0.25, 0.3) is 0 Å². The zero-order chi connectivity index (χ0) is 14.5. The topological polar surface area (TPSA) is 21.3 Å². The van der Waals surface area contributed by atoms with Crippen LogP contribution in [0.4, 0.5) is 0 Å². The van der Waals surface area contributed by atoms with Crippen molar-refractivity contribution in [3.05, 3.63) is 51.2 Å². The van der Waals surface area contributed by atoms with E-state index >= 15 is 0 Å². The van der Waals surface area contributed by atoms with Gasteiger partial charge in [-0.3, -0.25) is 0 Å². The first-order valence-corrected chi connectivity index (χ1v) is 7.94. The molecule has 0 aliphatic rings. The Kier molecular flexibility index (Phi) is 5.21. The van der Waals surface area contributed by atoms with Crippen LogP contribution in [0.5, 0.6) is 5.75 Å². The average molecular weight is 289 g/mol. The molecule has 108 valence electrons. The van der Waals surface area contributed by atoms with Crippen LogP contribution in [0.15, 0.2) is 30.3 Å². The number of aryl methyl sites for hydroxylation is 2. The second kappa shape index (κ2) is 6.91. The highest BCUT2D eigenvalue weighted by molar-refractivity contribution is 7.12. The molecule has 0 amide bonds. The molecule has 1 heterocycles. The highest BCUT2D eigenvalue weighted by Crippen LogP contribution is 2.32. The van der Waals surface area contributed by atoms with Crippen molar-refractivity contribution in [1.82, 2.24) is 5.32 Å². The Morgan fingerprint density at radius 3 is 2.65 bits per heavy atom. The van der Waals surface area contributed by atoms with Gasteiger partial charge in [-0.05, 0) is 56.6 Å². The number of benzene rings is 1. The van der Waals surface area contributed by atoms with Gasteiger partial charge in [0.1, 0.15) is 5.75 Å². The predicted octanol–water partition coefficient (Wildman–Crippen LogP) is 4.46. The highest BCUT2D eigenvalue weighted by Gasteiger charge is 2.17. The molecular formula is C17H23NOS. The third-order valence-electron chi connectivity index (χ3n) is 3.29. The molecule has 0 radical (unpaired) electrons. The molecule has 1 N–H and O–H groups in total. The van der Waals surface area contributed by atoms with Gasteiger partial charge < -0.3 is 10.1 Å². The van der Waals surface area contributed by atoms with E-state index in [1.807, 2.05) is 24.5 Å². The van der Waals surface area contributed by atoms with Crippen LogP contribution in [0.3, 0.4) is 0 Å². The van der Waals surface area contributed by atoms with Crippen LogP contribution < -0.4 is 10.1 Å². The molecule has 1 atom stereocenters. The molecule has 2 nitrogen and oxygen atoms in total. The Bertz CT molecular complexity index is 562. The standard InChI is InChI=1S/C17H23NOS/c1-5-9-19-15-8-6-7-14(11-15)16(18-4)17-12(2)10-13(3)20-17/h6-8,10-11,16,18H,5,9H2,1-4H3. The van der Waals surface area contributed by atoms with Crippen LogP contribution >= 0.6 is 11.3 Å². The number of nitrogens with one attached hydrogen (secondary N) is 1. The summed E-state index contributed by atoms with van der Waals surface area (Å²) in [5, 5.41) is 3.43. The summed E-state index contributed by atoms with van der Waals surface area (Å²) < 4.78 is 5.74. The van der Waals surface area contributed by atoms with Crippen LogP contribution in [0.1, 0.15) is 40.3 Å². The summed E-state index contributed by atoms with van der Waals surface area (Å²) in [6.45, 7) is 7.23. The largest absolute Gasteiger partial charge is 0.494 e. The highest BCUT2D eigenvalue weighted by atomic mass is 32.1. The van der Waals surface area contributed by atoms with Crippen molar-refractivity contribution in [3.8, 4) is 5.75 Å². The van der Waals surface area contributed by atoms with E-state index in [4.69, 9.17) is 4.74 Å². The molecule has 20 heavy (non-hydrogen) atoms. The third kappa shape index (κ3) is 3.41. The molecule has 0 saturated heterocycles. The van der Waals surface area contributed by atoms with Crippen molar-refractivity contribution in [2.75, 3.05) is 13.7 Å². The molecule has 0 fully saturated rings. The van der Waals surface area contributed by atoms with Gasteiger partial charge in [-0.25, -0.2) is 0 Å². The van der Waals surface area contributed by atoms with Gasteiger partial charge in [0.2, 0.25) is 0 Å². The smallest absolute Gasteiger partial charge is 0.119 e. The minimum absolute atomic E-state index is 0.235. The SMILES string of the molecule is CCCOc1cccc(C(NC)c2sc(C)cc2C)c1. The summed E-state index contributed by atoms with van der Waals surface area (Å²) in [5.74, 6) is 0.954. The Labute approximate surface area is 125 Å².